The molecule has 1 fully saturated rings. The number of imide groups is 2. The number of halogens is 3. The van der Waals surface area contributed by atoms with E-state index in [0.29, 0.717) is 20.7 Å². The largest absolute Gasteiger partial charge is 0.488 e. The number of nitrogens with zero attached hydrogens (tertiary/aromatic N) is 1. The van der Waals surface area contributed by atoms with Crippen LogP contribution in [0, 0.1) is 11.6 Å². The molecule has 1 aliphatic heterocycles. The van der Waals surface area contributed by atoms with Crippen molar-refractivity contribution in [1.29, 1.82) is 0 Å². The van der Waals surface area contributed by atoms with E-state index in [1.807, 2.05) is 0 Å². The van der Waals surface area contributed by atoms with Crippen LogP contribution in [0.5, 0.6) is 5.75 Å². The van der Waals surface area contributed by atoms with Gasteiger partial charge < -0.3 is 4.74 Å². The number of ether oxygens (including phenoxy) is 1. The number of hydrogen-bond donors (Lipinski definition) is 1. The summed E-state index contributed by atoms with van der Waals surface area (Å²) < 4.78 is 33.5. The fourth-order valence-electron chi connectivity index (χ4n) is 3.14. The molecule has 0 radical (unpaired) electrons. The maximum Gasteiger partial charge on any atom is 0.336 e. The van der Waals surface area contributed by atoms with Gasteiger partial charge in [-0.2, -0.15) is 0 Å². The first kappa shape index (κ1) is 22.3. The number of barbiturate groups is 1. The summed E-state index contributed by atoms with van der Waals surface area (Å²) in [5.41, 5.74) is 0.656. The summed E-state index contributed by atoms with van der Waals surface area (Å²) in [5.74, 6) is -2.45. The molecule has 3 aromatic carbocycles. The molecule has 4 rings (SSSR count). The summed E-state index contributed by atoms with van der Waals surface area (Å²) in [4.78, 5) is 38.0. The van der Waals surface area contributed by atoms with Crippen LogP contribution in [-0.4, -0.2) is 17.8 Å². The molecule has 0 aromatic heterocycles. The molecule has 0 unspecified atom stereocenters. The summed E-state index contributed by atoms with van der Waals surface area (Å²) in [7, 11) is 0. The van der Waals surface area contributed by atoms with Gasteiger partial charge in [0.05, 0.1) is 10.2 Å². The number of rotatable bonds is 5. The van der Waals surface area contributed by atoms with Gasteiger partial charge in [0.25, 0.3) is 11.8 Å². The molecule has 9 heteroatoms. The molecule has 0 bridgehead atoms. The zero-order valence-corrected chi connectivity index (χ0v) is 18.4. The van der Waals surface area contributed by atoms with Crippen LogP contribution >= 0.6 is 15.9 Å². The van der Waals surface area contributed by atoms with Crippen LogP contribution in [0.4, 0.5) is 19.3 Å². The lowest BCUT2D eigenvalue weighted by Crippen LogP contribution is -2.54. The molecule has 1 N–H and O–H groups in total. The van der Waals surface area contributed by atoms with Crippen molar-refractivity contribution in [2.45, 2.75) is 6.61 Å². The number of nitrogens with one attached hydrogen (secondary N) is 1. The lowest BCUT2D eigenvalue weighted by atomic mass is 10.1. The quantitative estimate of drug-likeness (QED) is 0.386. The lowest BCUT2D eigenvalue weighted by molar-refractivity contribution is -0.122. The van der Waals surface area contributed by atoms with E-state index in [4.69, 9.17) is 4.74 Å². The zero-order chi connectivity index (χ0) is 23.5. The van der Waals surface area contributed by atoms with Crippen molar-refractivity contribution in [3.63, 3.8) is 0 Å². The average molecular weight is 513 g/mol. The first-order chi connectivity index (χ1) is 15.8. The molecular weight excluding hydrogens is 498 g/mol. The lowest BCUT2D eigenvalue weighted by Gasteiger charge is -2.26. The Hall–Kier alpha value is -3.85. The number of carbonyl (C=O) groups excluding carboxylic acids is 3. The number of amides is 4. The predicted octanol–water partition coefficient (Wildman–Crippen LogP) is 4.97. The predicted molar refractivity (Wildman–Crippen MR) is 120 cm³/mol. The van der Waals surface area contributed by atoms with Gasteiger partial charge in [-0.05, 0) is 69.5 Å². The minimum Gasteiger partial charge on any atom is -0.488 e. The molecule has 1 heterocycles. The second-order valence-corrected chi connectivity index (χ2v) is 7.87. The highest BCUT2D eigenvalue weighted by atomic mass is 79.9. The molecule has 1 saturated heterocycles. The smallest absolute Gasteiger partial charge is 0.336 e. The Morgan fingerprint density at radius 1 is 0.970 bits per heavy atom. The minimum atomic E-state index is -1.03. The zero-order valence-electron chi connectivity index (χ0n) is 16.8. The summed E-state index contributed by atoms with van der Waals surface area (Å²) in [5, 5.41) is 2.05. The molecule has 1 aliphatic rings. The SMILES string of the molecule is O=C1NC(=O)N(c2ccccc2F)C(=O)/C1=C\c1ccc(OCc2ccc(F)cc2)c(Br)c1. The third-order valence-corrected chi connectivity index (χ3v) is 5.39. The van der Waals surface area contributed by atoms with Crippen molar-refractivity contribution in [1.82, 2.24) is 5.32 Å². The second-order valence-electron chi connectivity index (χ2n) is 7.01. The summed E-state index contributed by atoms with van der Waals surface area (Å²) in [6.07, 6.45) is 1.30. The van der Waals surface area contributed by atoms with Crippen LogP contribution < -0.4 is 15.0 Å². The molecule has 0 atom stereocenters. The minimum absolute atomic E-state index is 0.208. The van der Waals surface area contributed by atoms with Crippen LogP contribution in [0.2, 0.25) is 0 Å². The number of hydrogen-bond acceptors (Lipinski definition) is 4. The first-order valence-electron chi connectivity index (χ1n) is 9.66. The van der Waals surface area contributed by atoms with Crippen LogP contribution in [0.15, 0.2) is 76.8 Å². The van der Waals surface area contributed by atoms with Gasteiger partial charge in [-0.25, -0.2) is 18.5 Å². The maximum absolute atomic E-state index is 14.2. The third-order valence-electron chi connectivity index (χ3n) is 4.77. The van der Waals surface area contributed by atoms with Gasteiger partial charge in [-0.3, -0.25) is 14.9 Å². The molecule has 0 aliphatic carbocycles. The van der Waals surface area contributed by atoms with Gasteiger partial charge in [0.1, 0.15) is 29.6 Å². The van der Waals surface area contributed by atoms with Crippen molar-refractivity contribution < 1.29 is 27.9 Å². The summed E-state index contributed by atoms with van der Waals surface area (Å²) in [6.45, 7) is 0.208. The molecule has 4 amide bonds. The van der Waals surface area contributed by atoms with Gasteiger partial charge in [-0.15, -0.1) is 0 Å². The highest BCUT2D eigenvalue weighted by molar-refractivity contribution is 9.10. The van der Waals surface area contributed by atoms with E-state index in [-0.39, 0.29) is 23.7 Å². The molecular formula is C24H15BrF2N2O4. The Morgan fingerprint density at radius 2 is 1.70 bits per heavy atom. The topological polar surface area (TPSA) is 75.7 Å². The van der Waals surface area contributed by atoms with Crippen LogP contribution in [0.3, 0.4) is 0 Å². The average Bonchev–Trinajstić information content (AvgIpc) is 2.78. The van der Waals surface area contributed by atoms with Crippen LogP contribution in [-0.2, 0) is 16.2 Å². The maximum atomic E-state index is 14.2. The molecule has 6 nitrogen and oxygen atoms in total. The number of anilines is 1. The van der Waals surface area contributed by atoms with E-state index < -0.39 is 23.7 Å². The van der Waals surface area contributed by atoms with Crippen LogP contribution in [0.25, 0.3) is 6.08 Å². The van der Waals surface area contributed by atoms with Crippen molar-refractivity contribution in [2.24, 2.45) is 0 Å². The van der Waals surface area contributed by atoms with Gasteiger partial charge >= 0.3 is 6.03 Å². The number of carbonyl (C=O) groups is 3. The fraction of sp³-hybridized carbons (Fsp3) is 0.0417. The van der Waals surface area contributed by atoms with Crippen molar-refractivity contribution in [3.05, 3.63) is 99.5 Å². The first-order valence-corrected chi connectivity index (χ1v) is 10.5. The number of urea groups is 1. The number of benzene rings is 3. The second kappa shape index (κ2) is 9.33. The Kier molecular flexibility index (Phi) is 6.32. The van der Waals surface area contributed by atoms with Crippen molar-refractivity contribution >= 4 is 45.5 Å². The molecule has 166 valence electrons. The standard InChI is InChI=1S/C24H15BrF2N2O4/c25-18-12-15(7-10-21(18)33-13-14-5-8-16(26)9-6-14)11-17-22(30)28-24(32)29(23(17)31)20-4-2-1-3-19(20)27/h1-12H,13H2,(H,28,30,32)/b17-11-. The van der Waals surface area contributed by atoms with Gasteiger partial charge in [0, 0.05) is 0 Å². The highest BCUT2D eigenvalue weighted by Crippen LogP contribution is 2.29. The van der Waals surface area contributed by atoms with Gasteiger partial charge in [0.15, 0.2) is 0 Å². The van der Waals surface area contributed by atoms with Gasteiger partial charge in [0.2, 0.25) is 0 Å². The van der Waals surface area contributed by atoms with E-state index >= 15 is 0 Å². The van der Waals surface area contributed by atoms with Crippen molar-refractivity contribution in [2.75, 3.05) is 4.90 Å². The van der Waals surface area contributed by atoms with E-state index in [1.54, 1.807) is 30.3 Å². The monoisotopic (exact) mass is 512 g/mol. The normalized spacial score (nSPS) is 15.1. The van der Waals surface area contributed by atoms with Crippen molar-refractivity contribution in [3.8, 4) is 5.75 Å². The van der Waals surface area contributed by atoms with Gasteiger partial charge in [-0.1, -0.05) is 30.3 Å². The van der Waals surface area contributed by atoms with E-state index in [0.717, 1.165) is 11.6 Å². The Labute approximate surface area is 195 Å². The highest BCUT2D eigenvalue weighted by Gasteiger charge is 2.37. The Balaban J connectivity index is 1.57. The Bertz CT molecular complexity index is 1290. The third kappa shape index (κ3) is 4.83. The summed E-state index contributed by atoms with van der Waals surface area (Å²) in [6, 6.07) is 15.0. The van der Waals surface area contributed by atoms with E-state index in [9.17, 15) is 23.2 Å². The number of para-hydroxylation sites is 1. The summed E-state index contributed by atoms with van der Waals surface area (Å²) >= 11 is 3.38. The molecule has 33 heavy (non-hydrogen) atoms. The molecule has 0 saturated carbocycles. The van der Waals surface area contributed by atoms with E-state index in [2.05, 4.69) is 21.2 Å². The van der Waals surface area contributed by atoms with Crippen LogP contribution in [0.1, 0.15) is 11.1 Å². The fourth-order valence-corrected chi connectivity index (χ4v) is 3.65. The molecule has 3 aromatic rings. The molecule has 0 spiro atoms. The Morgan fingerprint density at radius 3 is 2.39 bits per heavy atom. The van der Waals surface area contributed by atoms with E-state index in [1.165, 1.54) is 36.4 Å².